The molecule has 0 saturated carbocycles. The summed E-state index contributed by atoms with van der Waals surface area (Å²) in [7, 11) is 0. The first-order valence-electron chi connectivity index (χ1n) is 10.5. The zero-order chi connectivity index (χ0) is 22.4. The van der Waals surface area contributed by atoms with Crippen molar-refractivity contribution in [1.82, 2.24) is 5.16 Å². The van der Waals surface area contributed by atoms with Crippen LogP contribution in [0.2, 0.25) is 0 Å². The van der Waals surface area contributed by atoms with Crippen LogP contribution in [0.4, 0.5) is 5.82 Å². The molecule has 2 aromatic carbocycles. The molecule has 7 nitrogen and oxygen atoms in total. The van der Waals surface area contributed by atoms with Crippen LogP contribution in [-0.4, -0.2) is 17.7 Å². The van der Waals surface area contributed by atoms with Gasteiger partial charge in [-0.3, -0.25) is 14.5 Å². The molecule has 1 aliphatic heterocycles. The van der Waals surface area contributed by atoms with Gasteiger partial charge in [0.2, 0.25) is 5.76 Å². The Morgan fingerprint density at radius 2 is 1.94 bits per heavy atom. The molecule has 1 unspecified atom stereocenters. The summed E-state index contributed by atoms with van der Waals surface area (Å²) in [5.74, 6) is 1.14. The maximum atomic E-state index is 13.6. The van der Waals surface area contributed by atoms with Gasteiger partial charge < -0.3 is 13.7 Å². The fraction of sp³-hybridized carbons (Fsp3) is 0.240. The lowest BCUT2D eigenvalue weighted by atomic mass is 9.98. The van der Waals surface area contributed by atoms with Gasteiger partial charge in [0, 0.05) is 6.07 Å². The van der Waals surface area contributed by atoms with Crippen molar-refractivity contribution >= 4 is 22.7 Å². The van der Waals surface area contributed by atoms with Crippen molar-refractivity contribution in [3.63, 3.8) is 0 Å². The lowest BCUT2D eigenvalue weighted by Gasteiger charge is -2.22. The Labute approximate surface area is 184 Å². The molecule has 2 aromatic heterocycles. The van der Waals surface area contributed by atoms with E-state index in [1.165, 1.54) is 4.90 Å². The van der Waals surface area contributed by atoms with Gasteiger partial charge in [-0.25, -0.2) is 0 Å². The van der Waals surface area contributed by atoms with E-state index in [1.54, 1.807) is 25.1 Å². The predicted octanol–water partition coefficient (Wildman–Crippen LogP) is 4.94. The SMILES string of the molecule is CCCOc1cccc(C2c3c(oc4ccc(C)cc4c3=O)C(=O)N2c2cc(C)on2)c1. The van der Waals surface area contributed by atoms with Gasteiger partial charge in [0.15, 0.2) is 11.2 Å². The fourth-order valence-electron chi connectivity index (χ4n) is 4.10. The van der Waals surface area contributed by atoms with Crippen LogP contribution in [0.15, 0.2) is 62.3 Å². The Morgan fingerprint density at radius 1 is 1.09 bits per heavy atom. The number of amides is 1. The standard InChI is InChI=1S/C25H22N2O5/c1-4-10-30-17-7-5-6-16(13-17)22-21-23(28)18-11-14(2)8-9-19(18)31-24(21)25(29)27(22)20-12-15(3)32-26-20/h5-9,11-13,22H,4,10H2,1-3H3. The van der Waals surface area contributed by atoms with Gasteiger partial charge in [-0.2, -0.15) is 0 Å². The number of benzene rings is 2. The normalized spacial score (nSPS) is 15.4. The number of anilines is 1. The summed E-state index contributed by atoms with van der Waals surface area (Å²) in [5.41, 5.74) is 2.10. The van der Waals surface area contributed by atoms with Crippen molar-refractivity contribution in [2.24, 2.45) is 0 Å². The quantitative estimate of drug-likeness (QED) is 0.446. The van der Waals surface area contributed by atoms with Crippen LogP contribution >= 0.6 is 0 Å². The Hall–Kier alpha value is -3.87. The van der Waals surface area contributed by atoms with Crippen molar-refractivity contribution in [1.29, 1.82) is 0 Å². The van der Waals surface area contributed by atoms with Crippen molar-refractivity contribution in [2.45, 2.75) is 33.2 Å². The number of aromatic nitrogens is 1. The highest BCUT2D eigenvalue weighted by molar-refractivity contribution is 6.10. The first kappa shape index (κ1) is 20.1. The minimum atomic E-state index is -0.715. The van der Waals surface area contributed by atoms with Crippen LogP contribution in [-0.2, 0) is 0 Å². The summed E-state index contributed by atoms with van der Waals surface area (Å²) < 4.78 is 17.0. The third-order valence-corrected chi connectivity index (χ3v) is 5.53. The molecular weight excluding hydrogens is 408 g/mol. The van der Waals surface area contributed by atoms with E-state index in [2.05, 4.69) is 5.16 Å². The van der Waals surface area contributed by atoms with Gasteiger partial charge >= 0.3 is 0 Å². The number of ether oxygens (including phenoxy) is 1. The second-order valence-corrected chi connectivity index (χ2v) is 7.97. The highest BCUT2D eigenvalue weighted by Crippen LogP contribution is 2.41. The second kappa shape index (κ2) is 7.67. The van der Waals surface area contributed by atoms with Gasteiger partial charge in [-0.05, 0) is 50.1 Å². The smallest absolute Gasteiger partial charge is 0.296 e. The molecule has 0 N–H and O–H groups in total. The number of nitrogens with zero attached hydrogens (tertiary/aromatic N) is 2. The number of aryl methyl sites for hydroxylation is 2. The zero-order valence-corrected chi connectivity index (χ0v) is 18.0. The third-order valence-electron chi connectivity index (χ3n) is 5.53. The maximum absolute atomic E-state index is 13.6. The minimum Gasteiger partial charge on any atom is -0.494 e. The molecule has 4 aromatic rings. The second-order valence-electron chi connectivity index (χ2n) is 7.97. The van der Waals surface area contributed by atoms with E-state index in [0.717, 1.165) is 17.5 Å². The van der Waals surface area contributed by atoms with Crippen LogP contribution in [0.1, 0.15) is 52.4 Å². The lowest BCUT2D eigenvalue weighted by molar-refractivity contribution is 0.0969. The Morgan fingerprint density at radius 3 is 2.69 bits per heavy atom. The number of hydrogen-bond donors (Lipinski definition) is 0. The molecule has 1 atom stereocenters. The van der Waals surface area contributed by atoms with Crippen LogP contribution in [0, 0.1) is 13.8 Å². The molecule has 162 valence electrons. The summed E-state index contributed by atoms with van der Waals surface area (Å²) in [6.07, 6.45) is 0.869. The molecule has 0 fully saturated rings. The first-order chi connectivity index (χ1) is 15.5. The van der Waals surface area contributed by atoms with Crippen molar-refractivity contribution in [2.75, 3.05) is 11.5 Å². The molecule has 1 amide bonds. The molecule has 7 heteroatoms. The topological polar surface area (TPSA) is 85.8 Å². The van der Waals surface area contributed by atoms with Gasteiger partial charge in [0.25, 0.3) is 5.91 Å². The summed E-state index contributed by atoms with van der Waals surface area (Å²) in [4.78, 5) is 28.6. The molecule has 1 aliphatic rings. The van der Waals surface area contributed by atoms with E-state index in [4.69, 9.17) is 13.7 Å². The van der Waals surface area contributed by atoms with Crippen molar-refractivity contribution in [3.05, 3.63) is 87.0 Å². The maximum Gasteiger partial charge on any atom is 0.296 e. The Kier molecular flexibility index (Phi) is 4.81. The molecule has 0 saturated heterocycles. The largest absolute Gasteiger partial charge is 0.494 e. The van der Waals surface area contributed by atoms with Crippen LogP contribution in [0.25, 0.3) is 11.0 Å². The summed E-state index contributed by atoms with van der Waals surface area (Å²) in [6, 6.07) is 13.7. The van der Waals surface area contributed by atoms with Gasteiger partial charge in [0.05, 0.1) is 23.6 Å². The molecule has 0 aliphatic carbocycles. The summed E-state index contributed by atoms with van der Waals surface area (Å²) >= 11 is 0. The predicted molar refractivity (Wildman–Crippen MR) is 119 cm³/mol. The highest BCUT2D eigenvalue weighted by atomic mass is 16.5. The van der Waals surface area contributed by atoms with Crippen LogP contribution in [0.5, 0.6) is 5.75 Å². The van der Waals surface area contributed by atoms with Gasteiger partial charge in [0.1, 0.15) is 17.1 Å². The molecular formula is C25H22N2O5. The molecule has 0 bridgehead atoms. The number of carbonyl (C=O) groups is 1. The number of rotatable bonds is 5. The minimum absolute atomic E-state index is 0.0249. The van der Waals surface area contributed by atoms with Crippen LogP contribution < -0.4 is 15.1 Å². The average molecular weight is 430 g/mol. The van der Waals surface area contributed by atoms with E-state index in [0.29, 0.717) is 40.5 Å². The molecule has 0 radical (unpaired) electrons. The number of fused-ring (bicyclic) bond motifs is 2. The molecule has 32 heavy (non-hydrogen) atoms. The number of carbonyl (C=O) groups excluding carboxylic acids is 1. The van der Waals surface area contributed by atoms with Crippen molar-refractivity contribution in [3.8, 4) is 5.75 Å². The molecule has 3 heterocycles. The van der Waals surface area contributed by atoms with E-state index < -0.39 is 11.9 Å². The fourth-order valence-corrected chi connectivity index (χ4v) is 4.10. The Bertz CT molecular complexity index is 1400. The van der Waals surface area contributed by atoms with E-state index in [9.17, 15) is 9.59 Å². The van der Waals surface area contributed by atoms with Gasteiger partial charge in [-0.15, -0.1) is 0 Å². The molecule has 5 rings (SSSR count). The first-order valence-corrected chi connectivity index (χ1v) is 10.5. The molecule has 0 spiro atoms. The van der Waals surface area contributed by atoms with E-state index >= 15 is 0 Å². The lowest BCUT2D eigenvalue weighted by Crippen LogP contribution is -2.29. The Balaban J connectivity index is 1.76. The van der Waals surface area contributed by atoms with E-state index in [1.807, 2.05) is 44.2 Å². The zero-order valence-electron chi connectivity index (χ0n) is 18.0. The van der Waals surface area contributed by atoms with Crippen LogP contribution in [0.3, 0.4) is 0 Å². The van der Waals surface area contributed by atoms with Gasteiger partial charge in [-0.1, -0.05) is 35.8 Å². The highest BCUT2D eigenvalue weighted by Gasteiger charge is 2.45. The number of hydrogen-bond acceptors (Lipinski definition) is 6. The third kappa shape index (κ3) is 3.17. The average Bonchev–Trinajstić information content (AvgIpc) is 3.34. The van der Waals surface area contributed by atoms with Crippen molar-refractivity contribution < 1.29 is 18.5 Å². The van der Waals surface area contributed by atoms with E-state index in [-0.39, 0.29) is 11.2 Å². The summed E-state index contributed by atoms with van der Waals surface area (Å²) in [6.45, 7) is 6.26. The summed E-state index contributed by atoms with van der Waals surface area (Å²) in [5, 5.41) is 4.49. The monoisotopic (exact) mass is 430 g/mol.